The van der Waals surface area contributed by atoms with Crippen LogP contribution < -0.4 is 16.2 Å². The Hall–Kier alpha value is -1.21. The zero-order chi connectivity index (χ0) is 11.6. The minimum atomic E-state index is -4.85. The summed E-state index contributed by atoms with van der Waals surface area (Å²) in [6.45, 7) is -0.182. The van der Waals surface area contributed by atoms with Crippen molar-refractivity contribution in [3.8, 4) is 5.75 Å². The van der Waals surface area contributed by atoms with Gasteiger partial charge >= 0.3 is 6.36 Å². The largest absolute Gasteiger partial charge is 0.573 e. The molecule has 15 heavy (non-hydrogen) atoms. The summed E-state index contributed by atoms with van der Waals surface area (Å²) in [6, 6.07) is 0. The van der Waals surface area contributed by atoms with Crippen LogP contribution in [0.25, 0.3) is 0 Å². The number of rotatable bonds is 2. The van der Waals surface area contributed by atoms with Crippen LogP contribution in [-0.4, -0.2) is 11.3 Å². The standard InChI is InChI=1S/C7H7ClF3N3O/c8-4-5(15-7(9,10)11)3(1-12)2-14-6(4)13/h2H,1,12H2,(H2,13,14). The maximum Gasteiger partial charge on any atom is 0.573 e. The summed E-state index contributed by atoms with van der Waals surface area (Å²) < 4.78 is 39.7. The van der Waals surface area contributed by atoms with Crippen LogP contribution in [0.5, 0.6) is 5.75 Å². The summed E-state index contributed by atoms with van der Waals surface area (Å²) in [5.74, 6) is -0.840. The van der Waals surface area contributed by atoms with Crippen LogP contribution in [0.15, 0.2) is 6.20 Å². The molecule has 84 valence electrons. The predicted molar refractivity (Wildman–Crippen MR) is 48.2 cm³/mol. The third-order valence-electron chi connectivity index (χ3n) is 1.51. The lowest BCUT2D eigenvalue weighted by Gasteiger charge is -2.14. The molecule has 0 aromatic carbocycles. The van der Waals surface area contributed by atoms with Gasteiger partial charge in [0.15, 0.2) is 5.75 Å². The van der Waals surface area contributed by atoms with Crippen LogP contribution in [0.2, 0.25) is 5.02 Å². The molecule has 0 aliphatic carbocycles. The molecular formula is C7H7ClF3N3O. The van der Waals surface area contributed by atoms with Gasteiger partial charge in [0, 0.05) is 18.3 Å². The molecule has 0 fully saturated rings. The molecule has 1 heterocycles. The summed E-state index contributed by atoms with van der Waals surface area (Å²) in [7, 11) is 0. The van der Waals surface area contributed by atoms with Crippen LogP contribution in [0.3, 0.4) is 0 Å². The van der Waals surface area contributed by atoms with E-state index < -0.39 is 17.1 Å². The van der Waals surface area contributed by atoms with Crippen molar-refractivity contribution in [1.29, 1.82) is 0 Å². The molecule has 0 unspecified atom stereocenters. The molecule has 0 saturated carbocycles. The lowest BCUT2D eigenvalue weighted by atomic mass is 10.2. The second-order valence-corrected chi connectivity index (χ2v) is 2.94. The number of nitrogen functional groups attached to an aromatic ring is 1. The fourth-order valence-electron chi connectivity index (χ4n) is 0.892. The molecule has 0 saturated heterocycles. The molecule has 4 nitrogen and oxygen atoms in total. The third kappa shape index (κ3) is 2.87. The first kappa shape index (κ1) is 11.9. The third-order valence-corrected chi connectivity index (χ3v) is 1.88. The highest BCUT2D eigenvalue weighted by atomic mass is 35.5. The molecule has 0 spiro atoms. The molecule has 0 aliphatic heterocycles. The van der Waals surface area contributed by atoms with Crippen molar-refractivity contribution in [2.24, 2.45) is 5.73 Å². The van der Waals surface area contributed by atoms with Gasteiger partial charge in [-0.15, -0.1) is 13.2 Å². The Kier molecular flexibility index (Phi) is 3.25. The smallest absolute Gasteiger partial charge is 0.404 e. The number of nitrogens with two attached hydrogens (primary N) is 2. The van der Waals surface area contributed by atoms with E-state index in [4.69, 9.17) is 23.1 Å². The Bertz CT molecular complexity index is 369. The lowest BCUT2D eigenvalue weighted by molar-refractivity contribution is -0.274. The van der Waals surface area contributed by atoms with E-state index in [9.17, 15) is 13.2 Å². The molecule has 0 aliphatic rings. The average Bonchev–Trinajstić information content (AvgIpc) is 2.11. The Labute approximate surface area is 88.0 Å². The number of ether oxygens (including phenoxy) is 1. The van der Waals surface area contributed by atoms with E-state index in [-0.39, 0.29) is 17.9 Å². The molecule has 0 atom stereocenters. The quantitative estimate of drug-likeness (QED) is 0.826. The number of alkyl halides is 3. The van der Waals surface area contributed by atoms with E-state index in [1.807, 2.05) is 0 Å². The van der Waals surface area contributed by atoms with Gasteiger partial charge in [0.25, 0.3) is 0 Å². The normalized spacial score (nSPS) is 11.5. The van der Waals surface area contributed by atoms with Gasteiger partial charge in [0.2, 0.25) is 0 Å². The van der Waals surface area contributed by atoms with Crippen molar-refractivity contribution < 1.29 is 17.9 Å². The number of aromatic nitrogens is 1. The van der Waals surface area contributed by atoms with Gasteiger partial charge in [-0.3, -0.25) is 0 Å². The van der Waals surface area contributed by atoms with Gasteiger partial charge in [0.05, 0.1) is 0 Å². The maximum atomic E-state index is 12.0. The molecule has 1 rings (SSSR count). The molecule has 8 heteroatoms. The molecule has 0 bridgehead atoms. The van der Waals surface area contributed by atoms with E-state index in [0.717, 1.165) is 6.20 Å². The van der Waals surface area contributed by atoms with Crippen LogP contribution in [-0.2, 0) is 6.54 Å². The predicted octanol–water partition coefficient (Wildman–Crippen LogP) is 1.67. The molecule has 0 amide bonds. The van der Waals surface area contributed by atoms with E-state index in [1.54, 1.807) is 0 Å². The van der Waals surface area contributed by atoms with Crippen LogP contribution in [0.1, 0.15) is 5.56 Å². The molecule has 1 aromatic heterocycles. The Morgan fingerprint density at radius 3 is 2.53 bits per heavy atom. The number of hydrogen-bond donors (Lipinski definition) is 2. The molecular weight excluding hydrogens is 235 g/mol. The number of hydrogen-bond acceptors (Lipinski definition) is 4. The van der Waals surface area contributed by atoms with E-state index in [0.29, 0.717) is 0 Å². The van der Waals surface area contributed by atoms with Crippen LogP contribution >= 0.6 is 11.6 Å². The van der Waals surface area contributed by atoms with Gasteiger partial charge in [-0.2, -0.15) is 0 Å². The first-order chi connectivity index (χ1) is 6.85. The minimum Gasteiger partial charge on any atom is -0.404 e. The zero-order valence-electron chi connectivity index (χ0n) is 7.31. The van der Waals surface area contributed by atoms with Gasteiger partial charge in [-0.05, 0) is 0 Å². The summed E-state index contributed by atoms with van der Waals surface area (Å²) in [5.41, 5.74) is 10.5. The summed E-state index contributed by atoms with van der Waals surface area (Å²) >= 11 is 5.52. The Morgan fingerprint density at radius 2 is 2.07 bits per heavy atom. The number of pyridine rings is 1. The first-order valence-electron chi connectivity index (χ1n) is 3.74. The van der Waals surface area contributed by atoms with Crippen molar-refractivity contribution >= 4 is 17.4 Å². The minimum absolute atomic E-state index is 0.0338. The van der Waals surface area contributed by atoms with Gasteiger partial charge < -0.3 is 16.2 Å². The van der Waals surface area contributed by atoms with Crippen molar-refractivity contribution in [2.45, 2.75) is 12.9 Å². The highest BCUT2D eigenvalue weighted by molar-refractivity contribution is 6.34. The fraction of sp³-hybridized carbons (Fsp3) is 0.286. The summed E-state index contributed by atoms with van der Waals surface area (Å²) in [5, 5.41) is -0.393. The second-order valence-electron chi connectivity index (χ2n) is 2.56. The van der Waals surface area contributed by atoms with Gasteiger partial charge in [-0.25, -0.2) is 4.98 Å². The van der Waals surface area contributed by atoms with Crippen LogP contribution in [0.4, 0.5) is 19.0 Å². The van der Waals surface area contributed by atoms with Crippen molar-refractivity contribution in [1.82, 2.24) is 4.98 Å². The van der Waals surface area contributed by atoms with Gasteiger partial charge in [0.1, 0.15) is 10.8 Å². The second kappa shape index (κ2) is 4.11. The fourth-order valence-corrected chi connectivity index (χ4v) is 1.10. The lowest BCUT2D eigenvalue weighted by Crippen LogP contribution is -2.19. The zero-order valence-corrected chi connectivity index (χ0v) is 8.06. The van der Waals surface area contributed by atoms with Crippen molar-refractivity contribution in [3.63, 3.8) is 0 Å². The van der Waals surface area contributed by atoms with E-state index in [2.05, 4.69) is 9.72 Å². The topological polar surface area (TPSA) is 74.2 Å². The molecule has 1 aromatic rings. The first-order valence-corrected chi connectivity index (χ1v) is 4.11. The van der Waals surface area contributed by atoms with E-state index in [1.165, 1.54) is 0 Å². The average molecular weight is 242 g/mol. The van der Waals surface area contributed by atoms with Crippen LogP contribution in [0, 0.1) is 0 Å². The SMILES string of the molecule is NCc1cnc(N)c(Cl)c1OC(F)(F)F. The molecule has 4 N–H and O–H groups in total. The summed E-state index contributed by atoms with van der Waals surface area (Å²) in [4.78, 5) is 3.56. The number of nitrogens with zero attached hydrogens (tertiary/aromatic N) is 1. The van der Waals surface area contributed by atoms with E-state index >= 15 is 0 Å². The van der Waals surface area contributed by atoms with Crippen molar-refractivity contribution in [3.05, 3.63) is 16.8 Å². The monoisotopic (exact) mass is 241 g/mol. The highest BCUT2D eigenvalue weighted by Gasteiger charge is 2.33. The molecule has 0 radical (unpaired) electrons. The number of halogens is 4. The number of anilines is 1. The maximum absolute atomic E-state index is 12.0. The van der Waals surface area contributed by atoms with Gasteiger partial charge in [-0.1, -0.05) is 11.6 Å². The highest BCUT2D eigenvalue weighted by Crippen LogP contribution is 2.35. The Balaban J connectivity index is 3.18. The Morgan fingerprint density at radius 1 is 1.47 bits per heavy atom. The summed E-state index contributed by atoms with van der Waals surface area (Å²) in [6.07, 6.45) is -3.76. The van der Waals surface area contributed by atoms with Crippen molar-refractivity contribution in [2.75, 3.05) is 5.73 Å².